The predicted molar refractivity (Wildman–Crippen MR) is 106 cm³/mol. The Balaban J connectivity index is 1.56. The van der Waals surface area contributed by atoms with Gasteiger partial charge in [-0.2, -0.15) is 0 Å². The van der Waals surface area contributed by atoms with E-state index in [-0.39, 0.29) is 0 Å². The van der Waals surface area contributed by atoms with Crippen molar-refractivity contribution in [2.24, 2.45) is 0 Å². The molecule has 1 aliphatic rings. The highest BCUT2D eigenvalue weighted by atomic mass is 35.5. The summed E-state index contributed by atoms with van der Waals surface area (Å²) in [4.78, 5) is 4.84. The molecule has 1 heterocycles. The van der Waals surface area contributed by atoms with Crippen LogP contribution in [-0.2, 0) is 6.42 Å². The average molecular weight is 369 g/mol. The van der Waals surface area contributed by atoms with E-state index in [0.717, 1.165) is 36.6 Å². The summed E-state index contributed by atoms with van der Waals surface area (Å²) in [6.07, 6.45) is 14.5. The van der Waals surface area contributed by atoms with Crippen LogP contribution < -0.4 is 0 Å². The van der Waals surface area contributed by atoms with Gasteiger partial charge < -0.3 is 9.80 Å². The first kappa shape index (κ1) is 19.5. The van der Waals surface area contributed by atoms with Gasteiger partial charge in [-0.3, -0.25) is 0 Å². The summed E-state index contributed by atoms with van der Waals surface area (Å²) < 4.78 is 0. The summed E-state index contributed by atoms with van der Waals surface area (Å²) in [6.45, 7) is 5.61. The Morgan fingerprint density at radius 3 is 2.25 bits per heavy atom. The van der Waals surface area contributed by atoms with Gasteiger partial charge in [-0.25, -0.2) is 0 Å². The first-order valence-electron chi connectivity index (χ1n) is 9.30. The molecular weight excluding hydrogens is 339 g/mol. The molecule has 0 aliphatic carbocycles. The molecule has 2 nitrogen and oxygen atoms in total. The van der Waals surface area contributed by atoms with E-state index in [4.69, 9.17) is 23.2 Å². The Bertz CT molecular complexity index is 516. The quantitative estimate of drug-likeness (QED) is 0.420. The number of benzene rings is 1. The van der Waals surface area contributed by atoms with E-state index in [2.05, 4.69) is 35.2 Å². The van der Waals surface area contributed by atoms with Crippen LogP contribution in [0.2, 0.25) is 10.0 Å². The van der Waals surface area contributed by atoms with Gasteiger partial charge in [0.25, 0.3) is 0 Å². The number of aryl methyl sites for hydroxylation is 1. The fraction of sp³-hybridized carbons (Fsp3) is 0.600. The van der Waals surface area contributed by atoms with E-state index in [1.807, 2.05) is 12.1 Å². The predicted octanol–water partition coefficient (Wildman–Crippen LogP) is 6.33. The van der Waals surface area contributed by atoms with Crippen molar-refractivity contribution < 1.29 is 0 Å². The molecule has 0 bridgehead atoms. The highest BCUT2D eigenvalue weighted by molar-refractivity contribution is 6.42. The fourth-order valence-corrected chi connectivity index (χ4v) is 3.51. The summed E-state index contributed by atoms with van der Waals surface area (Å²) >= 11 is 12.3. The highest BCUT2D eigenvalue weighted by Gasteiger charge is 2.11. The lowest BCUT2D eigenvalue weighted by Gasteiger charge is -2.21. The van der Waals surface area contributed by atoms with Gasteiger partial charge in [-0.15, -0.1) is 0 Å². The minimum Gasteiger partial charge on any atom is -0.359 e. The zero-order valence-electron chi connectivity index (χ0n) is 14.8. The van der Waals surface area contributed by atoms with Gasteiger partial charge in [0.15, 0.2) is 0 Å². The molecule has 0 spiro atoms. The monoisotopic (exact) mass is 368 g/mol. The molecule has 2 rings (SSSR count). The van der Waals surface area contributed by atoms with Crippen LogP contribution in [0.5, 0.6) is 0 Å². The molecule has 0 fully saturated rings. The van der Waals surface area contributed by atoms with Crippen molar-refractivity contribution in [2.45, 2.75) is 58.3 Å². The van der Waals surface area contributed by atoms with Gasteiger partial charge in [0.1, 0.15) is 0 Å². The van der Waals surface area contributed by atoms with Crippen LogP contribution in [0.25, 0.3) is 0 Å². The number of hydrogen-bond donors (Lipinski definition) is 0. The van der Waals surface area contributed by atoms with Crippen LogP contribution in [0.15, 0.2) is 30.6 Å². The van der Waals surface area contributed by atoms with Crippen molar-refractivity contribution in [3.05, 3.63) is 46.2 Å². The molecular formula is C20H30Cl2N2. The van der Waals surface area contributed by atoms with Gasteiger partial charge >= 0.3 is 0 Å². The van der Waals surface area contributed by atoms with Gasteiger partial charge in [0.05, 0.1) is 16.7 Å². The van der Waals surface area contributed by atoms with Crippen molar-refractivity contribution in [2.75, 3.05) is 19.8 Å². The van der Waals surface area contributed by atoms with Gasteiger partial charge in [0.2, 0.25) is 0 Å². The van der Waals surface area contributed by atoms with Crippen molar-refractivity contribution in [1.29, 1.82) is 0 Å². The molecule has 0 amide bonds. The largest absolute Gasteiger partial charge is 0.359 e. The van der Waals surface area contributed by atoms with E-state index in [0.29, 0.717) is 5.02 Å². The number of nitrogens with zero attached hydrogens (tertiary/aromatic N) is 2. The second kappa shape index (κ2) is 10.9. The van der Waals surface area contributed by atoms with Crippen LogP contribution in [0.3, 0.4) is 0 Å². The summed E-state index contributed by atoms with van der Waals surface area (Å²) in [6, 6.07) is 5.90. The molecule has 1 aromatic rings. The van der Waals surface area contributed by atoms with Crippen molar-refractivity contribution in [1.82, 2.24) is 9.80 Å². The molecule has 0 unspecified atom stereocenters. The molecule has 0 atom stereocenters. The zero-order chi connectivity index (χ0) is 17.2. The molecule has 0 radical (unpaired) electrons. The van der Waals surface area contributed by atoms with Crippen LogP contribution in [0.1, 0.15) is 57.4 Å². The molecule has 0 aromatic heterocycles. The fourth-order valence-electron chi connectivity index (χ4n) is 3.10. The third-order valence-corrected chi connectivity index (χ3v) is 5.43. The molecule has 134 valence electrons. The molecule has 1 aliphatic heterocycles. The molecule has 1 aromatic carbocycles. The van der Waals surface area contributed by atoms with Crippen LogP contribution in [0, 0.1) is 0 Å². The van der Waals surface area contributed by atoms with E-state index in [9.17, 15) is 0 Å². The lowest BCUT2D eigenvalue weighted by molar-refractivity contribution is 0.258. The maximum Gasteiger partial charge on any atom is 0.0893 e. The van der Waals surface area contributed by atoms with E-state index < -0.39 is 0 Å². The Kier molecular flexibility index (Phi) is 8.83. The van der Waals surface area contributed by atoms with Crippen LogP contribution in [0.4, 0.5) is 0 Å². The molecule has 0 saturated carbocycles. The van der Waals surface area contributed by atoms with E-state index >= 15 is 0 Å². The zero-order valence-corrected chi connectivity index (χ0v) is 16.3. The number of unbranched alkanes of at least 4 members (excludes halogenated alkanes) is 5. The summed E-state index contributed by atoms with van der Waals surface area (Å²) in [5, 5.41) is 1.38. The van der Waals surface area contributed by atoms with Crippen LogP contribution in [-0.4, -0.2) is 29.6 Å². The summed E-state index contributed by atoms with van der Waals surface area (Å²) in [5.41, 5.74) is 1.16. The van der Waals surface area contributed by atoms with Crippen molar-refractivity contribution >= 4 is 23.2 Å². The lowest BCUT2D eigenvalue weighted by Crippen LogP contribution is -2.26. The highest BCUT2D eigenvalue weighted by Crippen LogP contribution is 2.26. The lowest BCUT2D eigenvalue weighted by atomic mass is 10.1. The van der Waals surface area contributed by atoms with E-state index in [1.54, 1.807) is 0 Å². The third kappa shape index (κ3) is 6.57. The van der Waals surface area contributed by atoms with Crippen molar-refractivity contribution in [3.63, 3.8) is 0 Å². The number of rotatable bonds is 11. The first-order chi connectivity index (χ1) is 11.7. The van der Waals surface area contributed by atoms with E-state index in [1.165, 1.54) is 45.1 Å². The summed E-state index contributed by atoms with van der Waals surface area (Å²) in [7, 11) is 0. The maximum absolute atomic E-state index is 6.24. The molecule has 0 saturated heterocycles. The first-order valence-corrected chi connectivity index (χ1v) is 10.1. The normalized spacial score (nSPS) is 14.0. The molecule has 4 heteroatoms. The standard InChI is InChI=1S/C20H30Cl2N2/c1-2-3-4-5-7-13-23-15-16-24(17-23)14-8-6-10-18-11-9-12-19(21)20(18)22/h9,11-12,15-16H,2-8,10,13-14,17H2,1H3. The number of halogens is 2. The van der Waals surface area contributed by atoms with Crippen molar-refractivity contribution in [3.8, 4) is 0 Å². The summed E-state index contributed by atoms with van der Waals surface area (Å²) in [5.74, 6) is 0. The van der Waals surface area contributed by atoms with Gasteiger partial charge in [-0.05, 0) is 37.3 Å². The Morgan fingerprint density at radius 2 is 1.54 bits per heavy atom. The van der Waals surface area contributed by atoms with Crippen LogP contribution >= 0.6 is 23.2 Å². The average Bonchev–Trinajstić information content (AvgIpc) is 3.03. The maximum atomic E-state index is 6.24. The number of hydrogen-bond acceptors (Lipinski definition) is 2. The van der Waals surface area contributed by atoms with Gasteiger partial charge in [-0.1, -0.05) is 67.9 Å². The third-order valence-electron chi connectivity index (χ3n) is 4.57. The smallest absolute Gasteiger partial charge is 0.0893 e. The SMILES string of the molecule is CCCCCCCN1C=CN(CCCCc2cccc(Cl)c2Cl)C1. The molecule has 24 heavy (non-hydrogen) atoms. The minimum atomic E-state index is 0.659. The molecule has 0 N–H and O–H groups in total. The minimum absolute atomic E-state index is 0.659. The van der Waals surface area contributed by atoms with Gasteiger partial charge in [0, 0.05) is 25.5 Å². The second-order valence-corrected chi connectivity index (χ2v) is 7.43. The Morgan fingerprint density at radius 1 is 0.875 bits per heavy atom. The second-order valence-electron chi connectivity index (χ2n) is 6.65. The Labute approximate surface area is 157 Å². The topological polar surface area (TPSA) is 6.48 Å². The Hall–Kier alpha value is -0.860.